The van der Waals surface area contributed by atoms with E-state index in [0.717, 1.165) is 61.5 Å². The summed E-state index contributed by atoms with van der Waals surface area (Å²) in [6, 6.07) is 18.1. The average Bonchev–Trinajstić information content (AvgIpc) is 2.93. The van der Waals surface area contributed by atoms with E-state index in [1.165, 1.54) is 5.56 Å². The number of carbonyl (C=O) groups excluding carboxylic acids is 1. The molecule has 162 valence electrons. The summed E-state index contributed by atoms with van der Waals surface area (Å²) in [7, 11) is 0. The highest BCUT2D eigenvalue weighted by Gasteiger charge is 2.22. The van der Waals surface area contributed by atoms with E-state index in [4.69, 9.17) is 11.6 Å². The van der Waals surface area contributed by atoms with Gasteiger partial charge in [0.05, 0.1) is 12.2 Å². The first-order valence-electron chi connectivity index (χ1n) is 10.9. The van der Waals surface area contributed by atoms with E-state index in [1.807, 2.05) is 65.9 Å². The number of aromatic nitrogens is 2. The van der Waals surface area contributed by atoms with Gasteiger partial charge in [-0.15, -0.1) is 0 Å². The number of benzene rings is 2. The molecule has 0 N–H and O–H groups in total. The van der Waals surface area contributed by atoms with Crippen molar-refractivity contribution in [1.82, 2.24) is 19.6 Å². The summed E-state index contributed by atoms with van der Waals surface area (Å²) in [6.07, 6.45) is 0.951. The molecule has 1 aromatic heterocycles. The van der Waals surface area contributed by atoms with Gasteiger partial charge >= 0.3 is 0 Å². The third kappa shape index (κ3) is 5.17. The molecule has 0 atom stereocenters. The van der Waals surface area contributed by atoms with Crippen molar-refractivity contribution in [2.24, 2.45) is 0 Å². The van der Waals surface area contributed by atoms with Crippen LogP contribution < -0.4 is 0 Å². The van der Waals surface area contributed by atoms with E-state index in [1.54, 1.807) is 0 Å². The highest BCUT2D eigenvalue weighted by atomic mass is 35.5. The first-order valence-corrected chi connectivity index (χ1v) is 11.2. The largest absolute Gasteiger partial charge is 0.337 e. The van der Waals surface area contributed by atoms with Gasteiger partial charge in [0.1, 0.15) is 5.15 Å². The maximum Gasteiger partial charge on any atom is 0.253 e. The smallest absolute Gasteiger partial charge is 0.253 e. The maximum atomic E-state index is 12.9. The zero-order chi connectivity index (χ0) is 21.8. The van der Waals surface area contributed by atoms with Crippen LogP contribution in [0.25, 0.3) is 0 Å². The Labute approximate surface area is 189 Å². The molecule has 1 amide bonds. The summed E-state index contributed by atoms with van der Waals surface area (Å²) in [4.78, 5) is 17.3. The van der Waals surface area contributed by atoms with Crippen LogP contribution in [-0.2, 0) is 13.1 Å². The molecule has 0 spiro atoms. The van der Waals surface area contributed by atoms with Crippen LogP contribution in [0, 0.1) is 13.8 Å². The molecule has 0 unspecified atom stereocenters. The van der Waals surface area contributed by atoms with Gasteiger partial charge in [-0.05, 0) is 38.0 Å². The Bertz CT molecular complexity index is 1050. The Morgan fingerprint density at radius 2 is 1.77 bits per heavy atom. The number of aryl methyl sites for hydroxylation is 2. The Hall–Kier alpha value is -2.63. The van der Waals surface area contributed by atoms with E-state index >= 15 is 0 Å². The van der Waals surface area contributed by atoms with Gasteiger partial charge < -0.3 is 4.90 Å². The fourth-order valence-corrected chi connectivity index (χ4v) is 4.44. The molecule has 0 saturated carbocycles. The average molecular weight is 437 g/mol. The van der Waals surface area contributed by atoms with Gasteiger partial charge in [-0.2, -0.15) is 5.10 Å². The van der Waals surface area contributed by atoms with Gasteiger partial charge in [-0.3, -0.25) is 9.69 Å². The molecule has 1 aliphatic rings. The highest BCUT2D eigenvalue weighted by molar-refractivity contribution is 6.30. The third-order valence-corrected chi connectivity index (χ3v) is 6.30. The number of halogens is 1. The Morgan fingerprint density at radius 1 is 0.968 bits per heavy atom. The summed E-state index contributed by atoms with van der Waals surface area (Å²) in [5.41, 5.74) is 5.11. The van der Waals surface area contributed by atoms with Gasteiger partial charge in [0.2, 0.25) is 0 Å². The lowest BCUT2D eigenvalue weighted by molar-refractivity contribution is 0.0761. The quantitative estimate of drug-likeness (QED) is 0.589. The zero-order valence-electron chi connectivity index (χ0n) is 18.2. The topological polar surface area (TPSA) is 41.4 Å². The second-order valence-electron chi connectivity index (χ2n) is 8.29. The number of rotatable bonds is 5. The second-order valence-corrected chi connectivity index (χ2v) is 8.65. The molecule has 6 heteroatoms. The first-order chi connectivity index (χ1) is 15.0. The number of carbonyl (C=O) groups is 1. The van der Waals surface area contributed by atoms with E-state index in [-0.39, 0.29) is 5.91 Å². The van der Waals surface area contributed by atoms with E-state index < -0.39 is 0 Å². The monoisotopic (exact) mass is 436 g/mol. The lowest BCUT2D eigenvalue weighted by atomic mass is 10.1. The molecule has 1 aliphatic heterocycles. The standard InChI is InChI=1S/C25H29ClN4O/c1-19-8-6-11-22(16-19)25(31)29-13-7-12-28(14-15-29)18-23-20(2)27-30(24(23)26)17-21-9-4-3-5-10-21/h3-6,8-11,16H,7,12-15,17-18H2,1-2H3. The van der Waals surface area contributed by atoms with Crippen molar-refractivity contribution in [3.8, 4) is 0 Å². The molecule has 0 aliphatic carbocycles. The lowest BCUT2D eigenvalue weighted by Crippen LogP contribution is -2.35. The maximum absolute atomic E-state index is 12.9. The Balaban J connectivity index is 1.41. The van der Waals surface area contributed by atoms with Gasteiger partial charge in [0, 0.05) is 43.9 Å². The van der Waals surface area contributed by atoms with Crippen LogP contribution in [-0.4, -0.2) is 51.7 Å². The predicted octanol–water partition coefficient (Wildman–Crippen LogP) is 4.55. The number of hydrogen-bond acceptors (Lipinski definition) is 3. The van der Waals surface area contributed by atoms with Crippen LogP contribution in [0.4, 0.5) is 0 Å². The molecular formula is C25H29ClN4O. The van der Waals surface area contributed by atoms with Crippen LogP contribution in [0.5, 0.6) is 0 Å². The van der Waals surface area contributed by atoms with Crippen molar-refractivity contribution < 1.29 is 4.79 Å². The molecule has 5 nitrogen and oxygen atoms in total. The fraction of sp³-hybridized carbons (Fsp3) is 0.360. The molecule has 1 saturated heterocycles. The van der Waals surface area contributed by atoms with Crippen molar-refractivity contribution >= 4 is 17.5 Å². The normalized spacial score (nSPS) is 15.1. The minimum absolute atomic E-state index is 0.121. The van der Waals surface area contributed by atoms with Crippen molar-refractivity contribution in [2.75, 3.05) is 26.2 Å². The second kappa shape index (κ2) is 9.67. The lowest BCUT2D eigenvalue weighted by Gasteiger charge is -2.22. The summed E-state index contributed by atoms with van der Waals surface area (Å²) < 4.78 is 1.88. The molecule has 0 bridgehead atoms. The molecular weight excluding hydrogens is 408 g/mol. The molecule has 31 heavy (non-hydrogen) atoms. The van der Waals surface area contributed by atoms with Gasteiger partial charge in [0.15, 0.2) is 0 Å². The summed E-state index contributed by atoms with van der Waals surface area (Å²) >= 11 is 6.72. The van der Waals surface area contributed by atoms with Crippen molar-refractivity contribution in [2.45, 2.75) is 33.4 Å². The predicted molar refractivity (Wildman–Crippen MR) is 124 cm³/mol. The molecule has 2 heterocycles. The number of hydrogen-bond donors (Lipinski definition) is 0. The van der Waals surface area contributed by atoms with E-state index in [9.17, 15) is 4.79 Å². The summed E-state index contributed by atoms with van der Waals surface area (Å²) in [5.74, 6) is 0.121. The molecule has 4 rings (SSSR count). The van der Waals surface area contributed by atoms with Gasteiger partial charge in [-0.25, -0.2) is 4.68 Å². The van der Waals surface area contributed by atoms with Gasteiger partial charge in [-0.1, -0.05) is 59.6 Å². The van der Waals surface area contributed by atoms with Crippen LogP contribution in [0.1, 0.15) is 39.2 Å². The number of nitrogens with zero attached hydrogens (tertiary/aromatic N) is 4. The van der Waals surface area contributed by atoms with Crippen molar-refractivity contribution in [3.05, 3.63) is 87.7 Å². The van der Waals surface area contributed by atoms with E-state index in [2.05, 4.69) is 22.1 Å². The van der Waals surface area contributed by atoms with E-state index in [0.29, 0.717) is 11.7 Å². The SMILES string of the molecule is Cc1cccc(C(=O)N2CCCN(Cc3c(C)nn(Cc4ccccc4)c3Cl)CC2)c1. The third-order valence-electron chi connectivity index (χ3n) is 5.88. The summed E-state index contributed by atoms with van der Waals surface area (Å²) in [5, 5.41) is 5.39. The van der Waals surface area contributed by atoms with Crippen LogP contribution >= 0.6 is 11.6 Å². The Kier molecular flexibility index (Phi) is 6.73. The zero-order valence-corrected chi connectivity index (χ0v) is 19.0. The molecule has 2 aromatic carbocycles. The summed E-state index contributed by atoms with van der Waals surface area (Å²) in [6.45, 7) is 8.74. The van der Waals surface area contributed by atoms with Crippen LogP contribution in [0.15, 0.2) is 54.6 Å². The van der Waals surface area contributed by atoms with Crippen LogP contribution in [0.3, 0.4) is 0 Å². The van der Waals surface area contributed by atoms with Crippen molar-refractivity contribution in [1.29, 1.82) is 0 Å². The Morgan fingerprint density at radius 3 is 2.55 bits per heavy atom. The highest BCUT2D eigenvalue weighted by Crippen LogP contribution is 2.23. The molecule has 1 fully saturated rings. The van der Waals surface area contributed by atoms with Crippen molar-refractivity contribution in [3.63, 3.8) is 0 Å². The first kappa shape index (κ1) is 21.6. The molecule has 3 aromatic rings. The minimum Gasteiger partial charge on any atom is -0.337 e. The molecule has 0 radical (unpaired) electrons. The minimum atomic E-state index is 0.121. The van der Waals surface area contributed by atoms with Crippen LogP contribution in [0.2, 0.25) is 5.15 Å². The fourth-order valence-electron chi connectivity index (χ4n) is 4.15. The number of amides is 1. The van der Waals surface area contributed by atoms with Gasteiger partial charge in [0.25, 0.3) is 5.91 Å².